The Bertz CT molecular complexity index is 1030. The largest absolute Gasteiger partial charge is 0.384 e. The second-order valence-electron chi connectivity index (χ2n) is 7.16. The number of carbonyl (C=O) groups excluding carboxylic acids is 1. The summed E-state index contributed by atoms with van der Waals surface area (Å²) < 4.78 is 0. The van der Waals surface area contributed by atoms with Gasteiger partial charge in [-0.2, -0.15) is 0 Å². The lowest BCUT2D eigenvalue weighted by molar-refractivity contribution is -0.385. The monoisotopic (exact) mass is 390 g/mol. The molecule has 0 aromatic heterocycles. The van der Waals surface area contributed by atoms with Crippen molar-refractivity contribution in [3.8, 4) is 11.1 Å². The molecule has 3 aromatic carbocycles. The fourth-order valence-corrected chi connectivity index (χ4v) is 3.06. The number of aryl methyl sites for hydroxylation is 1. The lowest BCUT2D eigenvalue weighted by atomic mass is 9.93. The fourth-order valence-electron chi connectivity index (χ4n) is 3.06. The number of aliphatic hydroxyl groups is 1. The lowest BCUT2D eigenvalue weighted by Gasteiger charge is -2.24. The Hall–Kier alpha value is -3.51. The summed E-state index contributed by atoms with van der Waals surface area (Å²) in [6.07, 6.45) is 0. The number of rotatable bonds is 6. The van der Waals surface area contributed by atoms with Crippen LogP contribution in [-0.4, -0.2) is 22.5 Å². The fraction of sp³-hybridized carbons (Fsp3) is 0.174. The van der Waals surface area contributed by atoms with Crippen LogP contribution >= 0.6 is 0 Å². The number of carbonyl (C=O) groups is 1. The Kier molecular flexibility index (Phi) is 5.75. The van der Waals surface area contributed by atoms with Crippen LogP contribution in [0.2, 0.25) is 0 Å². The van der Waals surface area contributed by atoms with Gasteiger partial charge in [-0.05, 0) is 36.6 Å². The second-order valence-corrected chi connectivity index (χ2v) is 7.16. The molecule has 3 rings (SSSR count). The molecule has 0 saturated heterocycles. The van der Waals surface area contributed by atoms with E-state index in [1.807, 2.05) is 54.6 Å². The summed E-state index contributed by atoms with van der Waals surface area (Å²) in [5.41, 5.74) is 2.03. The number of hydrogen-bond acceptors (Lipinski definition) is 4. The van der Waals surface area contributed by atoms with E-state index in [9.17, 15) is 20.0 Å². The Labute approximate surface area is 169 Å². The summed E-state index contributed by atoms with van der Waals surface area (Å²) in [7, 11) is 0. The Balaban J connectivity index is 1.70. The molecule has 1 unspecified atom stereocenters. The zero-order valence-corrected chi connectivity index (χ0v) is 16.3. The minimum absolute atomic E-state index is 0.0296. The van der Waals surface area contributed by atoms with Crippen molar-refractivity contribution in [2.24, 2.45) is 0 Å². The third-order valence-electron chi connectivity index (χ3n) is 4.88. The zero-order valence-electron chi connectivity index (χ0n) is 16.3. The van der Waals surface area contributed by atoms with Gasteiger partial charge in [-0.25, -0.2) is 0 Å². The van der Waals surface area contributed by atoms with Gasteiger partial charge in [0, 0.05) is 17.2 Å². The molecule has 0 saturated carbocycles. The van der Waals surface area contributed by atoms with Gasteiger partial charge >= 0.3 is 0 Å². The van der Waals surface area contributed by atoms with Gasteiger partial charge in [-0.3, -0.25) is 14.9 Å². The van der Waals surface area contributed by atoms with Crippen LogP contribution in [-0.2, 0) is 5.60 Å². The van der Waals surface area contributed by atoms with Crippen LogP contribution in [0, 0.1) is 17.0 Å². The van der Waals surface area contributed by atoms with Crippen molar-refractivity contribution in [3.05, 3.63) is 99.6 Å². The predicted molar refractivity (Wildman–Crippen MR) is 112 cm³/mol. The van der Waals surface area contributed by atoms with Crippen LogP contribution in [0.4, 0.5) is 5.69 Å². The molecule has 6 heteroatoms. The van der Waals surface area contributed by atoms with E-state index in [2.05, 4.69) is 5.32 Å². The Morgan fingerprint density at radius 1 is 1.03 bits per heavy atom. The smallest absolute Gasteiger partial charge is 0.273 e. The molecule has 148 valence electrons. The number of amides is 1. The van der Waals surface area contributed by atoms with E-state index in [-0.39, 0.29) is 17.8 Å². The van der Waals surface area contributed by atoms with Crippen LogP contribution in [0.3, 0.4) is 0 Å². The molecule has 0 aliphatic carbocycles. The van der Waals surface area contributed by atoms with Crippen molar-refractivity contribution < 1.29 is 14.8 Å². The normalized spacial score (nSPS) is 12.8. The van der Waals surface area contributed by atoms with Crippen LogP contribution < -0.4 is 5.32 Å². The van der Waals surface area contributed by atoms with Gasteiger partial charge < -0.3 is 10.4 Å². The van der Waals surface area contributed by atoms with Crippen LogP contribution in [0.15, 0.2) is 72.8 Å². The number of nitrogens with one attached hydrogen (secondary N) is 1. The molecule has 0 spiro atoms. The maximum atomic E-state index is 12.4. The maximum Gasteiger partial charge on any atom is 0.273 e. The highest BCUT2D eigenvalue weighted by molar-refractivity contribution is 5.95. The van der Waals surface area contributed by atoms with Crippen molar-refractivity contribution in [2.45, 2.75) is 19.4 Å². The van der Waals surface area contributed by atoms with E-state index in [1.54, 1.807) is 13.8 Å². The molecule has 0 bridgehead atoms. The Morgan fingerprint density at radius 3 is 2.28 bits per heavy atom. The maximum absolute atomic E-state index is 12.4. The van der Waals surface area contributed by atoms with Crippen LogP contribution in [0.5, 0.6) is 0 Å². The highest BCUT2D eigenvalue weighted by atomic mass is 16.6. The summed E-state index contributed by atoms with van der Waals surface area (Å²) >= 11 is 0. The first-order valence-corrected chi connectivity index (χ1v) is 9.19. The summed E-state index contributed by atoms with van der Waals surface area (Å²) in [5, 5.41) is 24.5. The van der Waals surface area contributed by atoms with Gasteiger partial charge in [-0.1, -0.05) is 60.7 Å². The van der Waals surface area contributed by atoms with Crippen LogP contribution in [0.1, 0.15) is 28.4 Å². The molecular formula is C23H22N2O4. The molecule has 1 amide bonds. The van der Waals surface area contributed by atoms with E-state index in [1.165, 1.54) is 18.2 Å². The van der Waals surface area contributed by atoms with Crippen molar-refractivity contribution >= 4 is 11.6 Å². The van der Waals surface area contributed by atoms with Gasteiger partial charge in [-0.15, -0.1) is 0 Å². The summed E-state index contributed by atoms with van der Waals surface area (Å²) in [6.45, 7) is 3.20. The highest BCUT2D eigenvalue weighted by Gasteiger charge is 2.24. The number of benzene rings is 3. The van der Waals surface area contributed by atoms with Gasteiger partial charge in [0.1, 0.15) is 5.60 Å². The molecule has 0 aliphatic heterocycles. The molecule has 0 heterocycles. The molecule has 0 fully saturated rings. The lowest BCUT2D eigenvalue weighted by Crippen LogP contribution is -2.38. The SMILES string of the molecule is Cc1ccc(C(=O)NCC(C)(O)c2ccc(-c3ccccc3)cc2)cc1[N+](=O)[O-]. The molecule has 29 heavy (non-hydrogen) atoms. The van der Waals surface area contributed by atoms with Gasteiger partial charge in [0.2, 0.25) is 0 Å². The quantitative estimate of drug-likeness (QED) is 0.487. The zero-order chi connectivity index (χ0) is 21.0. The molecule has 2 N–H and O–H groups in total. The minimum atomic E-state index is -1.29. The topological polar surface area (TPSA) is 92.5 Å². The first kappa shape index (κ1) is 20.2. The Morgan fingerprint density at radius 2 is 1.66 bits per heavy atom. The van der Waals surface area contributed by atoms with Gasteiger partial charge in [0.25, 0.3) is 11.6 Å². The molecule has 1 atom stereocenters. The molecular weight excluding hydrogens is 368 g/mol. The second kappa shape index (κ2) is 8.24. The van der Waals surface area contributed by atoms with Crippen molar-refractivity contribution in [3.63, 3.8) is 0 Å². The highest BCUT2D eigenvalue weighted by Crippen LogP contribution is 2.25. The number of nitrogens with zero attached hydrogens (tertiary/aromatic N) is 1. The van der Waals surface area contributed by atoms with Crippen molar-refractivity contribution in [1.82, 2.24) is 5.32 Å². The average Bonchev–Trinajstić information content (AvgIpc) is 2.73. The standard InChI is InChI=1S/C23H22N2O4/c1-16-8-9-19(14-21(16)25(28)29)22(26)24-15-23(2,27)20-12-10-18(11-13-20)17-6-4-3-5-7-17/h3-14,27H,15H2,1-2H3,(H,24,26). The average molecular weight is 390 g/mol. The van der Waals surface area contributed by atoms with Crippen LogP contribution in [0.25, 0.3) is 11.1 Å². The van der Waals surface area contributed by atoms with Crippen molar-refractivity contribution in [2.75, 3.05) is 6.54 Å². The number of nitro benzene ring substituents is 1. The van der Waals surface area contributed by atoms with Crippen molar-refractivity contribution in [1.29, 1.82) is 0 Å². The van der Waals surface area contributed by atoms with E-state index in [4.69, 9.17) is 0 Å². The number of hydrogen-bond donors (Lipinski definition) is 2. The first-order chi connectivity index (χ1) is 13.8. The molecule has 0 radical (unpaired) electrons. The van der Waals surface area contributed by atoms with Gasteiger partial charge in [0.15, 0.2) is 0 Å². The first-order valence-electron chi connectivity index (χ1n) is 9.19. The van der Waals surface area contributed by atoms with E-state index in [0.29, 0.717) is 11.1 Å². The van der Waals surface area contributed by atoms with E-state index in [0.717, 1.165) is 11.1 Å². The molecule has 6 nitrogen and oxygen atoms in total. The van der Waals surface area contributed by atoms with E-state index >= 15 is 0 Å². The summed E-state index contributed by atoms with van der Waals surface area (Å²) in [6, 6.07) is 21.7. The van der Waals surface area contributed by atoms with Gasteiger partial charge in [0.05, 0.1) is 11.5 Å². The summed E-state index contributed by atoms with van der Waals surface area (Å²) in [5.74, 6) is -0.478. The third kappa shape index (κ3) is 4.67. The molecule has 0 aliphatic rings. The third-order valence-corrected chi connectivity index (χ3v) is 4.88. The predicted octanol–water partition coefficient (Wildman–Crippen LogP) is 4.21. The minimum Gasteiger partial charge on any atom is -0.384 e. The molecule has 3 aromatic rings. The number of nitro groups is 1. The summed E-state index contributed by atoms with van der Waals surface area (Å²) in [4.78, 5) is 22.9. The van der Waals surface area contributed by atoms with E-state index < -0.39 is 16.4 Å².